The van der Waals surface area contributed by atoms with Crippen molar-refractivity contribution in [3.63, 3.8) is 0 Å². The van der Waals surface area contributed by atoms with Crippen LogP contribution in [0.1, 0.15) is 11.8 Å². The standard InChI is InChI=1S/C17H19N5O4/c1-9-2-4-10(5-3-9)21-15-12-16(19-7-18-15)22(8-20-12)17-14(25)13(24)11(6-23)26-17/h2-5,7-8,11,13-14,17,23-25H,6H2,1H3,(H,18,19,21)/t11-,13+,14+,17+/m0/s1. The molecule has 1 aliphatic heterocycles. The number of nitrogens with zero attached hydrogens (tertiary/aromatic N) is 4. The Morgan fingerprint density at radius 2 is 1.88 bits per heavy atom. The number of aliphatic hydroxyl groups is 3. The first kappa shape index (κ1) is 16.9. The maximum atomic E-state index is 10.2. The number of benzene rings is 1. The molecule has 3 heterocycles. The quantitative estimate of drug-likeness (QED) is 0.532. The number of aryl methyl sites for hydroxylation is 1. The number of hydrogen-bond acceptors (Lipinski definition) is 8. The predicted octanol–water partition coefficient (Wildman–Crippen LogP) is 0.490. The third-order valence-corrected chi connectivity index (χ3v) is 4.46. The maximum absolute atomic E-state index is 10.2. The minimum atomic E-state index is -1.20. The zero-order valence-corrected chi connectivity index (χ0v) is 14.0. The average Bonchev–Trinajstić information content (AvgIpc) is 3.19. The topological polar surface area (TPSA) is 126 Å². The van der Waals surface area contributed by atoms with Gasteiger partial charge in [-0.05, 0) is 19.1 Å². The summed E-state index contributed by atoms with van der Waals surface area (Å²) in [6.45, 7) is 1.62. The Balaban J connectivity index is 1.68. The molecule has 26 heavy (non-hydrogen) atoms. The summed E-state index contributed by atoms with van der Waals surface area (Å²) in [6, 6.07) is 7.84. The summed E-state index contributed by atoms with van der Waals surface area (Å²) in [5, 5.41) is 32.6. The molecule has 1 saturated heterocycles. The zero-order chi connectivity index (χ0) is 18.3. The van der Waals surface area contributed by atoms with E-state index in [9.17, 15) is 15.3 Å². The van der Waals surface area contributed by atoms with E-state index in [-0.39, 0.29) is 0 Å². The van der Waals surface area contributed by atoms with Crippen LogP contribution in [0.5, 0.6) is 0 Å². The highest BCUT2D eigenvalue weighted by molar-refractivity contribution is 5.85. The fourth-order valence-electron chi connectivity index (χ4n) is 3.01. The summed E-state index contributed by atoms with van der Waals surface area (Å²) in [6.07, 6.45) is -1.28. The van der Waals surface area contributed by atoms with E-state index in [4.69, 9.17) is 4.74 Å². The normalized spacial score (nSPS) is 25.7. The number of nitrogens with one attached hydrogen (secondary N) is 1. The minimum Gasteiger partial charge on any atom is -0.394 e. The molecule has 9 heteroatoms. The van der Waals surface area contributed by atoms with Gasteiger partial charge in [-0.1, -0.05) is 17.7 Å². The molecule has 0 bridgehead atoms. The summed E-state index contributed by atoms with van der Waals surface area (Å²) < 4.78 is 7.08. The molecule has 4 rings (SSSR count). The van der Waals surface area contributed by atoms with Gasteiger partial charge >= 0.3 is 0 Å². The van der Waals surface area contributed by atoms with Gasteiger partial charge in [0.2, 0.25) is 0 Å². The molecule has 0 spiro atoms. The van der Waals surface area contributed by atoms with Crippen molar-refractivity contribution in [2.75, 3.05) is 11.9 Å². The fourth-order valence-corrected chi connectivity index (χ4v) is 3.01. The summed E-state index contributed by atoms with van der Waals surface area (Å²) in [5.74, 6) is 0.518. The van der Waals surface area contributed by atoms with Gasteiger partial charge in [-0.2, -0.15) is 0 Å². The van der Waals surface area contributed by atoms with Crippen LogP contribution in [-0.2, 0) is 4.74 Å². The smallest absolute Gasteiger partial charge is 0.167 e. The van der Waals surface area contributed by atoms with Crippen LogP contribution < -0.4 is 5.32 Å². The van der Waals surface area contributed by atoms with Gasteiger partial charge in [0, 0.05) is 5.69 Å². The van der Waals surface area contributed by atoms with Crippen LogP contribution in [0.4, 0.5) is 11.5 Å². The lowest BCUT2D eigenvalue weighted by Crippen LogP contribution is -2.33. The van der Waals surface area contributed by atoms with E-state index in [1.807, 2.05) is 31.2 Å². The Labute approximate surface area is 148 Å². The van der Waals surface area contributed by atoms with Crippen molar-refractivity contribution in [3.05, 3.63) is 42.5 Å². The summed E-state index contributed by atoms with van der Waals surface area (Å²) in [7, 11) is 0. The first-order valence-electron chi connectivity index (χ1n) is 8.22. The number of fused-ring (bicyclic) bond motifs is 1. The molecule has 0 amide bonds. The van der Waals surface area contributed by atoms with E-state index in [2.05, 4.69) is 20.3 Å². The van der Waals surface area contributed by atoms with E-state index in [1.165, 1.54) is 17.2 Å². The second-order valence-electron chi connectivity index (χ2n) is 6.27. The number of imidazole rings is 1. The van der Waals surface area contributed by atoms with Gasteiger partial charge in [0.1, 0.15) is 24.6 Å². The van der Waals surface area contributed by atoms with Crippen LogP contribution in [0.3, 0.4) is 0 Å². The highest BCUT2D eigenvalue weighted by atomic mass is 16.6. The monoisotopic (exact) mass is 357 g/mol. The van der Waals surface area contributed by atoms with Gasteiger partial charge in [-0.25, -0.2) is 15.0 Å². The number of aliphatic hydroxyl groups excluding tert-OH is 3. The number of anilines is 2. The average molecular weight is 357 g/mol. The number of aromatic nitrogens is 4. The second-order valence-corrected chi connectivity index (χ2v) is 6.27. The Morgan fingerprint density at radius 1 is 1.12 bits per heavy atom. The number of rotatable bonds is 4. The van der Waals surface area contributed by atoms with Gasteiger partial charge in [-0.3, -0.25) is 4.57 Å². The van der Waals surface area contributed by atoms with Gasteiger partial charge in [0.15, 0.2) is 23.2 Å². The lowest BCUT2D eigenvalue weighted by atomic mass is 10.1. The van der Waals surface area contributed by atoms with E-state index in [0.717, 1.165) is 11.3 Å². The third kappa shape index (κ3) is 2.80. The number of hydrogen-bond donors (Lipinski definition) is 4. The molecule has 0 unspecified atom stereocenters. The Morgan fingerprint density at radius 3 is 2.58 bits per heavy atom. The van der Waals surface area contributed by atoms with Crippen LogP contribution in [0.25, 0.3) is 11.2 Å². The molecule has 4 atom stereocenters. The molecule has 0 saturated carbocycles. The first-order chi connectivity index (χ1) is 12.6. The molecule has 9 nitrogen and oxygen atoms in total. The van der Waals surface area contributed by atoms with Crippen LogP contribution in [0, 0.1) is 6.92 Å². The molecule has 136 valence electrons. The largest absolute Gasteiger partial charge is 0.394 e. The molecule has 1 fully saturated rings. The SMILES string of the molecule is Cc1ccc(Nc2ncnc3c2ncn3[C@@H]2O[C@@H](CO)[C@@H](O)[C@H]2O)cc1. The van der Waals surface area contributed by atoms with Crippen molar-refractivity contribution in [1.29, 1.82) is 0 Å². The molecular formula is C17H19N5O4. The van der Waals surface area contributed by atoms with Crippen molar-refractivity contribution in [1.82, 2.24) is 19.5 Å². The van der Waals surface area contributed by atoms with E-state index in [0.29, 0.717) is 17.0 Å². The molecule has 0 radical (unpaired) electrons. The van der Waals surface area contributed by atoms with E-state index in [1.54, 1.807) is 0 Å². The van der Waals surface area contributed by atoms with Gasteiger partial charge in [0.25, 0.3) is 0 Å². The maximum Gasteiger partial charge on any atom is 0.167 e. The summed E-state index contributed by atoms with van der Waals surface area (Å²) in [4.78, 5) is 12.8. The van der Waals surface area contributed by atoms with Crippen molar-refractivity contribution in [3.8, 4) is 0 Å². The minimum absolute atomic E-state index is 0.392. The van der Waals surface area contributed by atoms with Gasteiger partial charge in [0.05, 0.1) is 12.9 Å². The highest BCUT2D eigenvalue weighted by Gasteiger charge is 2.44. The highest BCUT2D eigenvalue weighted by Crippen LogP contribution is 2.32. The zero-order valence-electron chi connectivity index (χ0n) is 14.0. The van der Waals surface area contributed by atoms with Gasteiger partial charge < -0.3 is 25.4 Å². The Kier molecular flexibility index (Phi) is 4.29. The lowest BCUT2D eigenvalue weighted by molar-refractivity contribution is -0.0511. The summed E-state index contributed by atoms with van der Waals surface area (Å²) >= 11 is 0. The molecule has 4 N–H and O–H groups in total. The van der Waals surface area contributed by atoms with Crippen molar-refractivity contribution in [2.24, 2.45) is 0 Å². The van der Waals surface area contributed by atoms with Crippen molar-refractivity contribution < 1.29 is 20.1 Å². The van der Waals surface area contributed by atoms with Crippen molar-refractivity contribution in [2.45, 2.75) is 31.5 Å². The second kappa shape index (κ2) is 6.61. The van der Waals surface area contributed by atoms with E-state index < -0.39 is 31.1 Å². The fraction of sp³-hybridized carbons (Fsp3) is 0.353. The summed E-state index contributed by atoms with van der Waals surface area (Å²) in [5.41, 5.74) is 2.96. The lowest BCUT2D eigenvalue weighted by Gasteiger charge is -2.16. The molecule has 1 aliphatic rings. The molecule has 0 aliphatic carbocycles. The molecule has 2 aromatic heterocycles. The molecule has 1 aromatic carbocycles. The predicted molar refractivity (Wildman–Crippen MR) is 92.8 cm³/mol. The van der Waals surface area contributed by atoms with Crippen LogP contribution >= 0.6 is 0 Å². The van der Waals surface area contributed by atoms with Gasteiger partial charge in [-0.15, -0.1) is 0 Å². The third-order valence-electron chi connectivity index (χ3n) is 4.46. The van der Waals surface area contributed by atoms with Crippen LogP contribution in [0.15, 0.2) is 36.9 Å². The van der Waals surface area contributed by atoms with E-state index >= 15 is 0 Å². The van der Waals surface area contributed by atoms with Crippen LogP contribution in [-0.4, -0.2) is 59.8 Å². The first-order valence-corrected chi connectivity index (χ1v) is 8.22. The molecular weight excluding hydrogens is 338 g/mol. The Bertz CT molecular complexity index is 913. The Hall–Kier alpha value is -2.59. The van der Waals surface area contributed by atoms with Crippen molar-refractivity contribution >= 4 is 22.7 Å². The van der Waals surface area contributed by atoms with Crippen LogP contribution in [0.2, 0.25) is 0 Å². The molecule has 3 aromatic rings. The number of ether oxygens (including phenoxy) is 1.